The van der Waals surface area contributed by atoms with Gasteiger partial charge in [0.25, 0.3) is 0 Å². The zero-order valence-corrected chi connectivity index (χ0v) is 13.6. The number of nitrogens with zero attached hydrogens (tertiary/aromatic N) is 2. The number of halogens is 1. The molecule has 1 unspecified atom stereocenters. The van der Waals surface area contributed by atoms with Gasteiger partial charge in [0.1, 0.15) is 6.61 Å². The van der Waals surface area contributed by atoms with Gasteiger partial charge >= 0.3 is 5.97 Å². The van der Waals surface area contributed by atoms with Crippen LogP contribution in [-0.4, -0.2) is 34.7 Å². The van der Waals surface area contributed by atoms with E-state index in [1.165, 1.54) is 0 Å². The second-order valence-electron chi connectivity index (χ2n) is 5.50. The quantitative estimate of drug-likeness (QED) is 0.803. The Hall–Kier alpha value is -2.41. The molecule has 2 heterocycles. The van der Waals surface area contributed by atoms with Crippen LogP contribution in [0.3, 0.4) is 0 Å². The standard InChI is InChI=1S/C16H16ClN3O4/c17-11-3-1-10(2-4-11)16-19-14(24-20-16)7-8-15(22)23-9-12-5-6-13(21)18-12/h1-4,12H,5-9H2,(H,18,21). The maximum Gasteiger partial charge on any atom is 0.306 e. The predicted octanol–water partition coefficient (Wildman–Crippen LogP) is 2.14. The SMILES string of the molecule is O=C1CCC(COC(=O)CCc2nc(-c3ccc(Cl)cc3)no2)N1. The van der Waals surface area contributed by atoms with Crippen LogP contribution in [0.4, 0.5) is 0 Å². The number of aromatic nitrogens is 2. The van der Waals surface area contributed by atoms with Crippen molar-refractivity contribution in [1.29, 1.82) is 0 Å². The van der Waals surface area contributed by atoms with E-state index in [2.05, 4.69) is 15.5 Å². The summed E-state index contributed by atoms with van der Waals surface area (Å²) in [6, 6.07) is 6.99. The molecule has 0 aliphatic carbocycles. The minimum Gasteiger partial charge on any atom is -0.463 e. The smallest absolute Gasteiger partial charge is 0.306 e. The molecule has 0 bridgehead atoms. The second kappa shape index (κ2) is 7.44. The number of benzene rings is 1. The Labute approximate surface area is 143 Å². The van der Waals surface area contributed by atoms with E-state index >= 15 is 0 Å². The zero-order valence-electron chi connectivity index (χ0n) is 12.8. The van der Waals surface area contributed by atoms with Gasteiger partial charge in [0, 0.05) is 23.4 Å². The van der Waals surface area contributed by atoms with E-state index in [4.69, 9.17) is 20.9 Å². The lowest BCUT2D eigenvalue weighted by Crippen LogP contribution is -2.30. The fourth-order valence-corrected chi connectivity index (χ4v) is 2.48. The van der Waals surface area contributed by atoms with E-state index in [1.54, 1.807) is 24.3 Å². The molecule has 1 N–H and O–H groups in total. The molecule has 24 heavy (non-hydrogen) atoms. The largest absolute Gasteiger partial charge is 0.463 e. The van der Waals surface area contributed by atoms with E-state index in [1.807, 2.05) is 0 Å². The normalized spacial score (nSPS) is 16.9. The van der Waals surface area contributed by atoms with Gasteiger partial charge in [0.05, 0.1) is 12.5 Å². The summed E-state index contributed by atoms with van der Waals surface area (Å²) in [7, 11) is 0. The van der Waals surface area contributed by atoms with Crippen molar-refractivity contribution in [2.24, 2.45) is 0 Å². The third kappa shape index (κ3) is 4.32. The molecule has 0 spiro atoms. The summed E-state index contributed by atoms with van der Waals surface area (Å²) in [4.78, 5) is 27.0. The fraction of sp³-hybridized carbons (Fsp3) is 0.375. The van der Waals surface area contributed by atoms with Crippen molar-refractivity contribution in [3.05, 3.63) is 35.2 Å². The van der Waals surface area contributed by atoms with Gasteiger partial charge in [-0.1, -0.05) is 16.8 Å². The molecular formula is C16H16ClN3O4. The van der Waals surface area contributed by atoms with Gasteiger partial charge < -0.3 is 14.6 Å². The van der Waals surface area contributed by atoms with E-state index < -0.39 is 0 Å². The van der Waals surface area contributed by atoms with Crippen LogP contribution in [0.2, 0.25) is 5.02 Å². The summed E-state index contributed by atoms with van der Waals surface area (Å²) in [5.41, 5.74) is 0.786. The highest BCUT2D eigenvalue weighted by molar-refractivity contribution is 6.30. The average molecular weight is 350 g/mol. The predicted molar refractivity (Wildman–Crippen MR) is 85.2 cm³/mol. The van der Waals surface area contributed by atoms with Gasteiger partial charge in [-0.2, -0.15) is 4.98 Å². The van der Waals surface area contributed by atoms with Crippen molar-refractivity contribution < 1.29 is 18.8 Å². The Balaban J connectivity index is 1.45. The summed E-state index contributed by atoms with van der Waals surface area (Å²) in [5, 5.41) is 7.25. The van der Waals surface area contributed by atoms with Crippen molar-refractivity contribution in [2.75, 3.05) is 6.61 Å². The van der Waals surface area contributed by atoms with Crippen LogP contribution in [-0.2, 0) is 20.7 Å². The number of nitrogens with one attached hydrogen (secondary N) is 1. The monoisotopic (exact) mass is 349 g/mol. The highest BCUT2D eigenvalue weighted by Crippen LogP contribution is 2.19. The summed E-state index contributed by atoms with van der Waals surface area (Å²) in [6.07, 6.45) is 1.62. The van der Waals surface area contributed by atoms with Gasteiger partial charge in [0.2, 0.25) is 17.6 Å². The Bertz CT molecular complexity index is 729. The number of hydrogen-bond acceptors (Lipinski definition) is 6. The molecule has 0 saturated carbocycles. The second-order valence-corrected chi connectivity index (χ2v) is 5.94. The van der Waals surface area contributed by atoms with Crippen LogP contribution in [0.1, 0.15) is 25.2 Å². The Morgan fingerprint density at radius 2 is 2.17 bits per heavy atom. The van der Waals surface area contributed by atoms with E-state index in [0.717, 1.165) is 5.56 Å². The van der Waals surface area contributed by atoms with Gasteiger partial charge in [-0.3, -0.25) is 9.59 Å². The summed E-state index contributed by atoms with van der Waals surface area (Å²) >= 11 is 5.83. The third-order valence-electron chi connectivity index (χ3n) is 3.64. The minimum atomic E-state index is -0.359. The highest BCUT2D eigenvalue weighted by atomic mass is 35.5. The van der Waals surface area contributed by atoms with Crippen molar-refractivity contribution in [3.63, 3.8) is 0 Å². The molecule has 1 aromatic heterocycles. The van der Waals surface area contributed by atoms with Gasteiger partial charge in [-0.15, -0.1) is 0 Å². The molecule has 2 aromatic rings. The van der Waals surface area contributed by atoms with E-state index in [9.17, 15) is 9.59 Å². The first kappa shape index (κ1) is 16.4. The Morgan fingerprint density at radius 3 is 2.88 bits per heavy atom. The number of hydrogen-bond donors (Lipinski definition) is 1. The number of carbonyl (C=O) groups is 2. The summed E-state index contributed by atoms with van der Waals surface area (Å²) in [6.45, 7) is 0.199. The third-order valence-corrected chi connectivity index (χ3v) is 3.90. The van der Waals surface area contributed by atoms with Crippen molar-refractivity contribution in [2.45, 2.75) is 31.7 Å². The summed E-state index contributed by atoms with van der Waals surface area (Å²) < 4.78 is 10.3. The maximum absolute atomic E-state index is 11.7. The number of aryl methyl sites for hydroxylation is 1. The molecule has 1 aromatic carbocycles. The highest BCUT2D eigenvalue weighted by Gasteiger charge is 2.22. The molecule has 8 heteroatoms. The van der Waals surface area contributed by atoms with Crippen LogP contribution in [0.25, 0.3) is 11.4 Å². The fourth-order valence-electron chi connectivity index (χ4n) is 2.35. The van der Waals surface area contributed by atoms with Crippen LogP contribution in [0.15, 0.2) is 28.8 Å². The molecule has 3 rings (SSSR count). The molecule has 1 aliphatic rings. The first-order chi connectivity index (χ1) is 11.6. The maximum atomic E-state index is 11.7. The van der Waals surface area contributed by atoms with Crippen molar-refractivity contribution in [3.8, 4) is 11.4 Å². The zero-order chi connectivity index (χ0) is 16.9. The van der Waals surface area contributed by atoms with Gasteiger partial charge in [-0.05, 0) is 30.7 Å². The topological polar surface area (TPSA) is 94.3 Å². The number of carbonyl (C=O) groups excluding carboxylic acids is 2. The molecule has 1 amide bonds. The van der Waals surface area contributed by atoms with Gasteiger partial charge in [-0.25, -0.2) is 0 Å². The molecule has 126 valence electrons. The lowest BCUT2D eigenvalue weighted by molar-refractivity contribution is -0.144. The van der Waals surface area contributed by atoms with Crippen LogP contribution in [0, 0.1) is 0 Å². The van der Waals surface area contributed by atoms with E-state index in [0.29, 0.717) is 36.0 Å². The molecule has 1 fully saturated rings. The Kier molecular flexibility index (Phi) is 5.10. The van der Waals surface area contributed by atoms with Crippen molar-refractivity contribution in [1.82, 2.24) is 15.5 Å². The van der Waals surface area contributed by atoms with Crippen LogP contribution >= 0.6 is 11.6 Å². The minimum absolute atomic E-state index is 0.00311. The first-order valence-corrected chi connectivity index (χ1v) is 8.01. The number of amides is 1. The lowest BCUT2D eigenvalue weighted by atomic mass is 10.2. The van der Waals surface area contributed by atoms with Crippen LogP contribution in [0.5, 0.6) is 0 Å². The van der Waals surface area contributed by atoms with Crippen molar-refractivity contribution >= 4 is 23.5 Å². The van der Waals surface area contributed by atoms with Gasteiger partial charge in [0.15, 0.2) is 0 Å². The average Bonchev–Trinajstić information content (AvgIpc) is 3.21. The molecule has 1 saturated heterocycles. The number of rotatable bonds is 6. The summed E-state index contributed by atoms with van der Waals surface area (Å²) in [5.74, 6) is 0.453. The number of ether oxygens (including phenoxy) is 1. The molecule has 1 atom stereocenters. The molecular weight excluding hydrogens is 334 g/mol. The lowest BCUT2D eigenvalue weighted by Gasteiger charge is -2.10. The van der Waals surface area contributed by atoms with Crippen LogP contribution < -0.4 is 5.32 Å². The molecule has 7 nitrogen and oxygen atoms in total. The van der Waals surface area contributed by atoms with E-state index in [-0.39, 0.29) is 30.9 Å². The number of esters is 1. The molecule has 1 aliphatic heterocycles. The first-order valence-electron chi connectivity index (χ1n) is 7.63. The molecule has 0 radical (unpaired) electrons. The Morgan fingerprint density at radius 1 is 1.38 bits per heavy atom.